The Morgan fingerprint density at radius 2 is 1.55 bits per heavy atom. The van der Waals surface area contributed by atoms with E-state index in [1.54, 1.807) is 23.1 Å². The molecule has 1 unspecified atom stereocenters. The van der Waals surface area contributed by atoms with Gasteiger partial charge in [-0.05, 0) is 24.1 Å². The normalized spacial score (nSPS) is 21.4. The highest BCUT2D eigenvalue weighted by Crippen LogP contribution is 2.21. The van der Waals surface area contributed by atoms with Crippen molar-refractivity contribution < 1.29 is 21.6 Å². The van der Waals surface area contributed by atoms with Crippen LogP contribution in [0, 0.1) is 0 Å². The second-order valence-corrected chi connectivity index (χ2v) is 12.7. The van der Waals surface area contributed by atoms with Crippen LogP contribution >= 0.6 is 0 Å². The van der Waals surface area contributed by atoms with Gasteiger partial charge in [0.2, 0.25) is 15.9 Å². The van der Waals surface area contributed by atoms with Crippen LogP contribution in [-0.2, 0) is 31.2 Å². The summed E-state index contributed by atoms with van der Waals surface area (Å²) in [6, 6.07) is 17.4. The molecule has 0 saturated carbocycles. The van der Waals surface area contributed by atoms with Gasteiger partial charge in [0.1, 0.15) is 0 Å². The van der Waals surface area contributed by atoms with E-state index in [0.29, 0.717) is 32.6 Å². The van der Waals surface area contributed by atoms with Crippen molar-refractivity contribution in [2.45, 2.75) is 23.9 Å². The first-order chi connectivity index (χ1) is 15.7. The van der Waals surface area contributed by atoms with Crippen LogP contribution in [0.5, 0.6) is 0 Å². The molecule has 2 fully saturated rings. The van der Waals surface area contributed by atoms with E-state index in [2.05, 4.69) is 4.90 Å². The predicted molar refractivity (Wildman–Crippen MR) is 126 cm³/mol. The van der Waals surface area contributed by atoms with Crippen molar-refractivity contribution in [3.05, 3.63) is 66.2 Å². The van der Waals surface area contributed by atoms with Gasteiger partial charge in [-0.3, -0.25) is 9.69 Å². The quantitative estimate of drug-likeness (QED) is 0.578. The molecule has 4 rings (SSSR count). The molecule has 178 valence electrons. The van der Waals surface area contributed by atoms with Gasteiger partial charge in [-0.25, -0.2) is 16.8 Å². The van der Waals surface area contributed by atoms with Crippen molar-refractivity contribution in [3.8, 4) is 0 Å². The van der Waals surface area contributed by atoms with Crippen LogP contribution in [0.4, 0.5) is 0 Å². The maximum absolute atomic E-state index is 13.3. The summed E-state index contributed by atoms with van der Waals surface area (Å²) >= 11 is 0. The average Bonchev–Trinajstić information content (AvgIpc) is 3.19. The van der Waals surface area contributed by atoms with Gasteiger partial charge in [0, 0.05) is 38.8 Å². The third-order valence-corrected chi connectivity index (χ3v) is 9.84. The van der Waals surface area contributed by atoms with Crippen LogP contribution in [-0.4, -0.2) is 87.1 Å². The number of sulfone groups is 1. The molecule has 2 aliphatic rings. The summed E-state index contributed by atoms with van der Waals surface area (Å²) in [5.74, 6) is 0.160. The Morgan fingerprint density at radius 1 is 0.939 bits per heavy atom. The third-order valence-electron chi connectivity index (χ3n) is 6.29. The number of rotatable bonds is 7. The molecule has 2 aliphatic heterocycles. The summed E-state index contributed by atoms with van der Waals surface area (Å²) in [5, 5.41) is 0. The Morgan fingerprint density at radius 3 is 2.12 bits per heavy atom. The van der Waals surface area contributed by atoms with Crippen LogP contribution in [0.15, 0.2) is 65.6 Å². The van der Waals surface area contributed by atoms with Gasteiger partial charge >= 0.3 is 0 Å². The molecule has 0 aromatic heterocycles. The van der Waals surface area contributed by atoms with Gasteiger partial charge in [0.05, 0.1) is 22.9 Å². The minimum Gasteiger partial charge on any atom is -0.339 e. The van der Waals surface area contributed by atoms with E-state index in [0.717, 1.165) is 5.56 Å². The van der Waals surface area contributed by atoms with Gasteiger partial charge in [-0.1, -0.05) is 48.5 Å². The largest absolute Gasteiger partial charge is 0.339 e. The molecular weight excluding hydrogens is 462 g/mol. The fourth-order valence-corrected chi connectivity index (χ4v) is 7.57. The number of carbonyl (C=O) groups is 1. The zero-order chi connectivity index (χ0) is 23.5. The Balaban J connectivity index is 1.44. The standard InChI is InChI=1S/C23H29N3O5S2/c27-23(25-14-12-24(13-15-25)21-11-16-32(28,29)19-21)18-26(17-20-7-3-1-4-8-20)33(30,31)22-9-5-2-6-10-22/h1-10,21H,11-19H2. The van der Waals surface area contributed by atoms with Gasteiger partial charge in [0.15, 0.2) is 9.84 Å². The molecule has 1 amide bonds. The van der Waals surface area contributed by atoms with Gasteiger partial charge < -0.3 is 4.90 Å². The summed E-state index contributed by atoms with van der Waals surface area (Å²) in [5.41, 5.74) is 0.803. The molecule has 8 nitrogen and oxygen atoms in total. The van der Waals surface area contributed by atoms with Crippen molar-refractivity contribution in [2.75, 3.05) is 44.2 Å². The zero-order valence-corrected chi connectivity index (χ0v) is 20.0. The first kappa shape index (κ1) is 23.9. The fourth-order valence-electron chi connectivity index (χ4n) is 4.41. The van der Waals surface area contributed by atoms with E-state index in [9.17, 15) is 21.6 Å². The van der Waals surface area contributed by atoms with Crippen LogP contribution in [0.1, 0.15) is 12.0 Å². The average molecular weight is 492 g/mol. The number of nitrogens with zero attached hydrogens (tertiary/aromatic N) is 3. The maximum atomic E-state index is 13.3. The van der Waals surface area contributed by atoms with Crippen molar-refractivity contribution in [2.24, 2.45) is 0 Å². The SMILES string of the molecule is O=C(CN(Cc1ccccc1)S(=O)(=O)c1ccccc1)N1CCN(C2CCS(=O)(=O)C2)CC1. The molecule has 2 heterocycles. The summed E-state index contributed by atoms with van der Waals surface area (Å²) < 4.78 is 51.5. The topological polar surface area (TPSA) is 95.1 Å². The van der Waals surface area contributed by atoms with E-state index in [-0.39, 0.29) is 41.4 Å². The minimum atomic E-state index is -3.86. The summed E-state index contributed by atoms with van der Waals surface area (Å²) in [7, 11) is -6.82. The van der Waals surface area contributed by atoms with Gasteiger partial charge in [-0.2, -0.15) is 4.31 Å². The van der Waals surface area contributed by atoms with Gasteiger partial charge in [-0.15, -0.1) is 0 Å². The monoisotopic (exact) mass is 491 g/mol. The molecule has 10 heteroatoms. The van der Waals surface area contributed by atoms with Gasteiger partial charge in [0.25, 0.3) is 0 Å². The van der Waals surface area contributed by atoms with Crippen molar-refractivity contribution >= 4 is 25.8 Å². The lowest BCUT2D eigenvalue weighted by molar-refractivity contribution is -0.133. The lowest BCUT2D eigenvalue weighted by atomic mass is 10.2. The molecular formula is C23H29N3O5S2. The molecule has 0 N–H and O–H groups in total. The Bertz CT molecular complexity index is 1160. The Kier molecular flexibility index (Phi) is 7.18. The molecule has 2 aromatic carbocycles. The minimum absolute atomic E-state index is 0.0142. The van der Waals surface area contributed by atoms with Crippen LogP contribution < -0.4 is 0 Å². The lowest BCUT2D eigenvalue weighted by Crippen LogP contribution is -2.54. The van der Waals surface area contributed by atoms with Crippen molar-refractivity contribution in [1.82, 2.24) is 14.1 Å². The fraction of sp³-hybridized carbons (Fsp3) is 0.435. The summed E-state index contributed by atoms with van der Waals surface area (Å²) in [4.78, 5) is 17.1. The van der Waals surface area contributed by atoms with E-state index >= 15 is 0 Å². The highest BCUT2D eigenvalue weighted by atomic mass is 32.2. The van der Waals surface area contributed by atoms with E-state index < -0.39 is 19.9 Å². The van der Waals surface area contributed by atoms with Crippen LogP contribution in [0.2, 0.25) is 0 Å². The molecule has 2 saturated heterocycles. The molecule has 0 radical (unpaired) electrons. The molecule has 0 bridgehead atoms. The number of carbonyl (C=O) groups excluding carboxylic acids is 1. The predicted octanol–water partition coefficient (Wildman–Crippen LogP) is 1.21. The third kappa shape index (κ3) is 5.81. The van der Waals surface area contributed by atoms with Crippen LogP contribution in [0.3, 0.4) is 0 Å². The van der Waals surface area contributed by atoms with Crippen molar-refractivity contribution in [3.63, 3.8) is 0 Å². The van der Waals surface area contributed by atoms with Crippen LogP contribution in [0.25, 0.3) is 0 Å². The number of amides is 1. The summed E-state index contributed by atoms with van der Waals surface area (Å²) in [6.45, 7) is 1.96. The zero-order valence-electron chi connectivity index (χ0n) is 18.4. The number of hydrogen-bond donors (Lipinski definition) is 0. The smallest absolute Gasteiger partial charge is 0.243 e. The number of benzene rings is 2. The second-order valence-electron chi connectivity index (χ2n) is 8.55. The highest BCUT2D eigenvalue weighted by molar-refractivity contribution is 7.91. The molecule has 0 spiro atoms. The first-order valence-corrected chi connectivity index (χ1v) is 14.3. The molecule has 2 aromatic rings. The lowest BCUT2D eigenvalue weighted by Gasteiger charge is -2.38. The Labute approximate surface area is 195 Å². The first-order valence-electron chi connectivity index (χ1n) is 11.1. The molecule has 33 heavy (non-hydrogen) atoms. The van der Waals surface area contributed by atoms with E-state index in [1.807, 2.05) is 30.3 Å². The van der Waals surface area contributed by atoms with E-state index in [4.69, 9.17) is 0 Å². The number of sulfonamides is 1. The van der Waals surface area contributed by atoms with E-state index in [1.165, 1.54) is 16.4 Å². The number of hydrogen-bond acceptors (Lipinski definition) is 6. The molecule has 1 atom stereocenters. The summed E-state index contributed by atoms with van der Waals surface area (Å²) in [6.07, 6.45) is 0.635. The second kappa shape index (κ2) is 9.92. The Hall–Kier alpha value is -2.27. The van der Waals surface area contributed by atoms with Crippen molar-refractivity contribution in [1.29, 1.82) is 0 Å². The maximum Gasteiger partial charge on any atom is 0.243 e. The highest BCUT2D eigenvalue weighted by Gasteiger charge is 2.35. The molecule has 0 aliphatic carbocycles. The number of piperazine rings is 1.